The molecule has 0 spiro atoms. The molecule has 1 heterocycles. The van der Waals surface area contributed by atoms with Crippen LogP contribution < -0.4 is 10.6 Å². The number of nitrogens with zero attached hydrogens (tertiary/aromatic N) is 4. The van der Waals surface area contributed by atoms with Gasteiger partial charge in [0.25, 0.3) is 0 Å². The van der Waals surface area contributed by atoms with Crippen molar-refractivity contribution < 1.29 is 4.92 Å². The molecule has 0 saturated carbocycles. The van der Waals surface area contributed by atoms with Crippen LogP contribution in [0.25, 0.3) is 0 Å². The first-order valence-electron chi connectivity index (χ1n) is 8.83. The lowest BCUT2D eigenvalue weighted by molar-refractivity contribution is -0.385. The lowest BCUT2D eigenvalue weighted by Crippen LogP contribution is -2.39. The number of aromatic nitrogens is 2. The lowest BCUT2D eigenvalue weighted by Gasteiger charge is -2.12. The summed E-state index contributed by atoms with van der Waals surface area (Å²) in [6, 6.07) is 8.30. The molecule has 0 saturated heterocycles. The number of nitrogens with one attached hydrogen (secondary N) is 2. The number of aryl methyl sites for hydroxylation is 1. The number of benzene rings is 1. The maximum absolute atomic E-state index is 10.7. The fourth-order valence-electron chi connectivity index (χ4n) is 2.28. The third kappa shape index (κ3) is 8.37. The summed E-state index contributed by atoms with van der Waals surface area (Å²) < 4.78 is 1.55. The zero-order valence-corrected chi connectivity index (χ0v) is 18.1. The van der Waals surface area contributed by atoms with E-state index in [2.05, 4.69) is 58.8 Å². The van der Waals surface area contributed by atoms with Gasteiger partial charge in [0.2, 0.25) is 0 Å². The first kappa shape index (κ1) is 22.9. The molecule has 2 N–H and O–H groups in total. The van der Waals surface area contributed by atoms with Gasteiger partial charge in [0.15, 0.2) is 5.96 Å². The van der Waals surface area contributed by atoms with Gasteiger partial charge >= 0.3 is 5.69 Å². The van der Waals surface area contributed by atoms with E-state index in [1.54, 1.807) is 4.68 Å². The quantitative estimate of drug-likeness (QED) is 0.142. The Balaban J connectivity index is 0.00000364. The minimum atomic E-state index is -0.447. The van der Waals surface area contributed by atoms with Crippen molar-refractivity contribution in [1.82, 2.24) is 20.4 Å². The Kier molecular flexibility index (Phi) is 10.4. The fourth-order valence-corrected chi connectivity index (χ4v) is 2.28. The number of halogens is 1. The summed E-state index contributed by atoms with van der Waals surface area (Å²) in [5, 5.41) is 21.2. The van der Waals surface area contributed by atoms with Crippen molar-refractivity contribution in [3.8, 4) is 0 Å². The van der Waals surface area contributed by atoms with Crippen molar-refractivity contribution in [3.63, 3.8) is 0 Å². The van der Waals surface area contributed by atoms with Gasteiger partial charge in [-0.2, -0.15) is 5.10 Å². The standard InChI is InChI=1S/C18H26N6O2.HI/c1-3-4-9-19-18(21-12-16-7-5-15(2)6-8-16)20-10-11-23-14-17(13-22-23)24(25)26;/h5-8,13-14H,3-4,9-12H2,1-2H3,(H2,19,20,21);1H. The number of guanidine groups is 1. The number of unbranched alkanes of at least 4 members (excludes halogenated alkanes) is 1. The molecule has 8 nitrogen and oxygen atoms in total. The monoisotopic (exact) mass is 486 g/mol. The molecule has 2 aromatic rings. The maximum atomic E-state index is 10.7. The van der Waals surface area contributed by atoms with Crippen LogP contribution in [0, 0.1) is 17.0 Å². The van der Waals surface area contributed by atoms with Crippen molar-refractivity contribution in [2.75, 3.05) is 13.1 Å². The topological polar surface area (TPSA) is 97.4 Å². The van der Waals surface area contributed by atoms with Crippen molar-refractivity contribution in [1.29, 1.82) is 0 Å². The van der Waals surface area contributed by atoms with Crippen molar-refractivity contribution in [2.45, 2.75) is 39.8 Å². The van der Waals surface area contributed by atoms with Crippen LogP contribution in [0.1, 0.15) is 30.9 Å². The average Bonchev–Trinajstić information content (AvgIpc) is 3.10. The van der Waals surface area contributed by atoms with E-state index in [9.17, 15) is 10.1 Å². The first-order valence-corrected chi connectivity index (χ1v) is 8.83. The van der Waals surface area contributed by atoms with Crippen molar-refractivity contribution in [2.24, 2.45) is 4.99 Å². The highest BCUT2D eigenvalue weighted by atomic mass is 127. The molecule has 0 fully saturated rings. The summed E-state index contributed by atoms with van der Waals surface area (Å²) in [5.41, 5.74) is 2.37. The zero-order chi connectivity index (χ0) is 18.8. The van der Waals surface area contributed by atoms with Gasteiger partial charge in [-0.1, -0.05) is 43.2 Å². The van der Waals surface area contributed by atoms with Crippen LogP contribution in [0.2, 0.25) is 0 Å². The Morgan fingerprint density at radius 1 is 1.26 bits per heavy atom. The van der Waals surface area contributed by atoms with E-state index in [1.165, 1.54) is 18.0 Å². The predicted octanol–water partition coefficient (Wildman–Crippen LogP) is 3.25. The smallest absolute Gasteiger partial charge is 0.306 e. The van der Waals surface area contributed by atoms with Gasteiger partial charge in [0, 0.05) is 13.1 Å². The predicted molar refractivity (Wildman–Crippen MR) is 118 cm³/mol. The van der Waals surface area contributed by atoms with E-state index >= 15 is 0 Å². The normalized spacial score (nSPS) is 11.0. The molecule has 0 radical (unpaired) electrons. The molecule has 1 aromatic carbocycles. The second kappa shape index (κ2) is 12.3. The van der Waals surface area contributed by atoms with E-state index < -0.39 is 4.92 Å². The number of hydrogen-bond acceptors (Lipinski definition) is 4. The maximum Gasteiger partial charge on any atom is 0.306 e. The molecule has 0 aliphatic rings. The minimum Gasteiger partial charge on any atom is -0.356 e. The zero-order valence-electron chi connectivity index (χ0n) is 15.7. The molecule has 27 heavy (non-hydrogen) atoms. The van der Waals surface area contributed by atoms with Crippen LogP contribution in [-0.4, -0.2) is 33.8 Å². The van der Waals surface area contributed by atoms with E-state index in [0.29, 0.717) is 19.6 Å². The molecule has 0 unspecified atom stereocenters. The largest absolute Gasteiger partial charge is 0.356 e. The average molecular weight is 486 g/mol. The van der Waals surface area contributed by atoms with Crippen LogP contribution in [0.5, 0.6) is 0 Å². The van der Waals surface area contributed by atoms with Crippen LogP contribution in [0.15, 0.2) is 41.7 Å². The molecule has 0 atom stereocenters. The molecular formula is C18H27IN6O2. The van der Waals surface area contributed by atoms with E-state index in [-0.39, 0.29) is 29.7 Å². The molecule has 9 heteroatoms. The first-order chi connectivity index (χ1) is 12.6. The molecule has 2 rings (SSSR count). The van der Waals surface area contributed by atoms with Gasteiger partial charge in [0.05, 0.1) is 18.0 Å². The summed E-state index contributed by atoms with van der Waals surface area (Å²) in [6.07, 6.45) is 4.85. The second-order valence-corrected chi connectivity index (χ2v) is 6.08. The van der Waals surface area contributed by atoms with Gasteiger partial charge < -0.3 is 10.6 Å². The van der Waals surface area contributed by atoms with Gasteiger partial charge in [-0.15, -0.1) is 24.0 Å². The lowest BCUT2D eigenvalue weighted by atomic mass is 10.1. The molecule has 148 valence electrons. The van der Waals surface area contributed by atoms with Gasteiger partial charge in [-0.25, -0.2) is 4.99 Å². The minimum absolute atomic E-state index is 0. The SMILES string of the molecule is CCCCNC(=NCc1ccc(C)cc1)NCCn1cc([N+](=O)[O-])cn1.I. The van der Waals surface area contributed by atoms with Crippen molar-refractivity contribution >= 4 is 35.6 Å². The van der Waals surface area contributed by atoms with Gasteiger partial charge in [-0.3, -0.25) is 14.8 Å². The molecule has 0 bridgehead atoms. The number of nitro groups is 1. The van der Waals surface area contributed by atoms with Crippen LogP contribution in [0.4, 0.5) is 5.69 Å². The molecule has 0 aliphatic carbocycles. The summed E-state index contributed by atoms with van der Waals surface area (Å²) in [6.45, 7) is 6.74. The highest BCUT2D eigenvalue weighted by Crippen LogP contribution is 2.07. The van der Waals surface area contributed by atoms with Gasteiger partial charge in [-0.05, 0) is 18.9 Å². The number of aliphatic imine (C=N–C) groups is 1. The van der Waals surface area contributed by atoms with Crippen LogP contribution in [0.3, 0.4) is 0 Å². The second-order valence-electron chi connectivity index (χ2n) is 6.08. The van der Waals surface area contributed by atoms with Gasteiger partial charge in [0.1, 0.15) is 12.4 Å². The number of rotatable bonds is 9. The number of hydrogen-bond donors (Lipinski definition) is 2. The Morgan fingerprint density at radius 2 is 1.96 bits per heavy atom. The molecule has 0 amide bonds. The summed E-state index contributed by atoms with van der Waals surface area (Å²) in [7, 11) is 0. The Morgan fingerprint density at radius 3 is 2.59 bits per heavy atom. The summed E-state index contributed by atoms with van der Waals surface area (Å²) >= 11 is 0. The Hall–Kier alpha value is -2.17. The third-order valence-corrected chi connectivity index (χ3v) is 3.83. The fraction of sp³-hybridized carbons (Fsp3) is 0.444. The Bertz CT molecular complexity index is 730. The van der Waals surface area contributed by atoms with Crippen LogP contribution in [-0.2, 0) is 13.1 Å². The highest BCUT2D eigenvalue weighted by Gasteiger charge is 2.08. The van der Waals surface area contributed by atoms with E-state index in [4.69, 9.17) is 0 Å². The van der Waals surface area contributed by atoms with Crippen molar-refractivity contribution in [3.05, 3.63) is 57.9 Å². The van der Waals surface area contributed by atoms with E-state index in [1.807, 2.05) is 0 Å². The summed E-state index contributed by atoms with van der Waals surface area (Å²) in [4.78, 5) is 14.9. The molecule has 1 aromatic heterocycles. The Labute approximate surface area is 176 Å². The molecular weight excluding hydrogens is 459 g/mol. The summed E-state index contributed by atoms with van der Waals surface area (Å²) in [5.74, 6) is 0.737. The third-order valence-electron chi connectivity index (χ3n) is 3.83. The molecule has 0 aliphatic heterocycles. The van der Waals surface area contributed by atoms with E-state index in [0.717, 1.165) is 30.9 Å². The van der Waals surface area contributed by atoms with Crippen LogP contribution >= 0.6 is 24.0 Å². The highest BCUT2D eigenvalue weighted by molar-refractivity contribution is 14.0.